The number of ether oxygens (including phenoxy) is 1. The molecule has 0 amide bonds. The van der Waals surface area contributed by atoms with Crippen LogP contribution in [0.25, 0.3) is 0 Å². The second kappa shape index (κ2) is 5.81. The molecule has 1 aromatic heterocycles. The van der Waals surface area contributed by atoms with Crippen molar-refractivity contribution in [2.75, 3.05) is 7.11 Å². The van der Waals surface area contributed by atoms with Gasteiger partial charge in [0.1, 0.15) is 11.6 Å². The molecule has 1 aromatic rings. The number of esters is 1. The summed E-state index contributed by atoms with van der Waals surface area (Å²) in [5.74, 6) is -0.845. The second-order valence-corrected chi connectivity index (χ2v) is 3.32. The zero-order valence-electron chi connectivity index (χ0n) is 9.59. The van der Waals surface area contributed by atoms with Crippen molar-refractivity contribution in [1.29, 1.82) is 5.26 Å². The minimum atomic E-state index is -3.21. The van der Waals surface area contributed by atoms with E-state index in [4.69, 9.17) is 5.26 Å². The van der Waals surface area contributed by atoms with Crippen LogP contribution in [0.5, 0.6) is 0 Å². The van der Waals surface area contributed by atoms with Gasteiger partial charge in [-0.1, -0.05) is 0 Å². The Morgan fingerprint density at radius 1 is 1.68 bits per heavy atom. The lowest BCUT2D eigenvalue weighted by molar-refractivity contribution is -0.386. The molecule has 0 saturated carbocycles. The van der Waals surface area contributed by atoms with Gasteiger partial charge >= 0.3 is 11.7 Å². The standard InChI is InChI=1S/C10H7F2N3O4/c1-19-7(16)2-5-4-14-6(3-13)9(15(17)18)8(5)10(11)12/h4,10H,2H2,1H3. The molecule has 0 N–H and O–H groups in total. The van der Waals surface area contributed by atoms with Crippen LogP contribution in [0.4, 0.5) is 14.5 Å². The Kier molecular flexibility index (Phi) is 4.41. The van der Waals surface area contributed by atoms with Gasteiger partial charge in [0, 0.05) is 6.20 Å². The van der Waals surface area contributed by atoms with E-state index in [-0.39, 0.29) is 5.56 Å². The van der Waals surface area contributed by atoms with Crippen LogP contribution in [0.3, 0.4) is 0 Å². The van der Waals surface area contributed by atoms with Gasteiger partial charge in [-0.15, -0.1) is 0 Å². The first-order chi connectivity index (χ1) is 8.92. The van der Waals surface area contributed by atoms with Crippen molar-refractivity contribution in [3.8, 4) is 6.07 Å². The van der Waals surface area contributed by atoms with Crippen LogP contribution in [0.15, 0.2) is 6.20 Å². The summed E-state index contributed by atoms with van der Waals surface area (Å²) in [5, 5.41) is 19.4. The number of nitro groups is 1. The normalized spacial score (nSPS) is 10.1. The molecule has 0 aromatic carbocycles. The van der Waals surface area contributed by atoms with Gasteiger partial charge in [-0.3, -0.25) is 14.9 Å². The molecule has 0 fully saturated rings. The Labute approximate surface area is 105 Å². The molecule has 0 aliphatic heterocycles. The van der Waals surface area contributed by atoms with Crippen molar-refractivity contribution in [3.05, 3.63) is 33.1 Å². The fourth-order valence-corrected chi connectivity index (χ4v) is 1.43. The van der Waals surface area contributed by atoms with Crippen molar-refractivity contribution < 1.29 is 23.2 Å². The van der Waals surface area contributed by atoms with E-state index >= 15 is 0 Å². The lowest BCUT2D eigenvalue weighted by Gasteiger charge is -2.08. The monoisotopic (exact) mass is 271 g/mol. The van der Waals surface area contributed by atoms with Gasteiger partial charge in [-0.05, 0) is 5.56 Å². The van der Waals surface area contributed by atoms with Crippen molar-refractivity contribution >= 4 is 11.7 Å². The van der Waals surface area contributed by atoms with Gasteiger partial charge in [-0.25, -0.2) is 13.8 Å². The van der Waals surface area contributed by atoms with E-state index in [0.717, 1.165) is 13.3 Å². The Hall–Kier alpha value is -2.63. The number of hydrogen-bond acceptors (Lipinski definition) is 6. The second-order valence-electron chi connectivity index (χ2n) is 3.32. The average Bonchev–Trinajstić information content (AvgIpc) is 2.37. The molecule has 100 valence electrons. The predicted molar refractivity (Wildman–Crippen MR) is 56.3 cm³/mol. The molecule has 0 atom stereocenters. The summed E-state index contributed by atoms with van der Waals surface area (Å²) in [7, 11) is 1.05. The average molecular weight is 271 g/mol. The molecule has 0 aliphatic rings. The van der Waals surface area contributed by atoms with E-state index in [1.165, 1.54) is 6.07 Å². The molecule has 1 heterocycles. The molecule has 19 heavy (non-hydrogen) atoms. The van der Waals surface area contributed by atoms with Gasteiger partial charge < -0.3 is 4.74 Å². The number of hydrogen-bond donors (Lipinski definition) is 0. The van der Waals surface area contributed by atoms with E-state index in [0.29, 0.717) is 0 Å². The van der Waals surface area contributed by atoms with E-state index in [9.17, 15) is 23.7 Å². The number of alkyl halides is 2. The van der Waals surface area contributed by atoms with Crippen LogP contribution >= 0.6 is 0 Å². The van der Waals surface area contributed by atoms with E-state index < -0.39 is 40.7 Å². The summed E-state index contributed by atoms with van der Waals surface area (Å²) in [6.45, 7) is 0. The maximum atomic E-state index is 12.9. The first-order valence-corrected chi connectivity index (χ1v) is 4.83. The Bertz CT molecular complexity index is 569. The van der Waals surface area contributed by atoms with Crippen LogP contribution in [-0.4, -0.2) is 23.0 Å². The van der Waals surface area contributed by atoms with Crippen LogP contribution < -0.4 is 0 Å². The molecular weight excluding hydrogens is 264 g/mol. The van der Waals surface area contributed by atoms with Crippen LogP contribution in [0.1, 0.15) is 23.2 Å². The van der Waals surface area contributed by atoms with Crippen molar-refractivity contribution in [1.82, 2.24) is 4.98 Å². The zero-order valence-corrected chi connectivity index (χ0v) is 9.59. The van der Waals surface area contributed by atoms with E-state index in [1.807, 2.05) is 0 Å². The van der Waals surface area contributed by atoms with Gasteiger partial charge in [0.2, 0.25) is 5.69 Å². The highest BCUT2D eigenvalue weighted by Gasteiger charge is 2.31. The number of pyridine rings is 1. The molecular formula is C10H7F2N3O4. The highest BCUT2D eigenvalue weighted by Crippen LogP contribution is 2.33. The molecule has 0 aliphatic carbocycles. The minimum absolute atomic E-state index is 0.340. The maximum absolute atomic E-state index is 12.9. The van der Waals surface area contributed by atoms with Crippen LogP contribution in [0, 0.1) is 21.4 Å². The van der Waals surface area contributed by atoms with E-state index in [1.54, 1.807) is 0 Å². The lowest BCUT2D eigenvalue weighted by Crippen LogP contribution is -2.11. The van der Waals surface area contributed by atoms with Crippen LogP contribution in [-0.2, 0) is 16.0 Å². The van der Waals surface area contributed by atoms with Gasteiger partial charge in [0.05, 0.1) is 18.5 Å². The van der Waals surface area contributed by atoms with Gasteiger partial charge in [0.15, 0.2) is 0 Å². The van der Waals surface area contributed by atoms with Crippen molar-refractivity contribution in [2.24, 2.45) is 0 Å². The number of rotatable bonds is 4. The molecule has 0 bridgehead atoms. The quantitative estimate of drug-likeness (QED) is 0.466. The van der Waals surface area contributed by atoms with Crippen molar-refractivity contribution in [2.45, 2.75) is 12.8 Å². The topological polar surface area (TPSA) is 106 Å². The summed E-state index contributed by atoms with van der Waals surface area (Å²) >= 11 is 0. The third-order valence-electron chi connectivity index (χ3n) is 2.24. The number of carbonyl (C=O) groups excluding carboxylic acids is 1. The molecule has 9 heteroatoms. The van der Waals surface area contributed by atoms with Crippen LogP contribution in [0.2, 0.25) is 0 Å². The van der Waals surface area contributed by atoms with Gasteiger partial charge in [-0.2, -0.15) is 5.26 Å². The number of aromatic nitrogens is 1. The summed E-state index contributed by atoms with van der Waals surface area (Å²) in [6, 6.07) is 1.36. The first kappa shape index (κ1) is 14.4. The Morgan fingerprint density at radius 3 is 2.74 bits per heavy atom. The third kappa shape index (κ3) is 2.98. The molecule has 1 rings (SSSR count). The summed E-state index contributed by atoms with van der Waals surface area (Å²) < 4.78 is 30.1. The summed E-state index contributed by atoms with van der Waals surface area (Å²) in [5.41, 5.74) is -3.14. The summed E-state index contributed by atoms with van der Waals surface area (Å²) in [6.07, 6.45) is -2.96. The Balaban J connectivity index is 3.50. The fraction of sp³-hybridized carbons (Fsp3) is 0.300. The predicted octanol–water partition coefficient (Wildman–Crippen LogP) is 1.51. The minimum Gasteiger partial charge on any atom is -0.469 e. The lowest BCUT2D eigenvalue weighted by atomic mass is 10.0. The molecule has 7 nitrogen and oxygen atoms in total. The van der Waals surface area contributed by atoms with Gasteiger partial charge in [0.25, 0.3) is 6.43 Å². The number of nitriles is 1. The highest BCUT2D eigenvalue weighted by molar-refractivity contribution is 5.73. The molecule has 0 spiro atoms. The molecule has 0 unspecified atom stereocenters. The third-order valence-corrected chi connectivity index (χ3v) is 2.24. The van der Waals surface area contributed by atoms with Crippen molar-refractivity contribution in [3.63, 3.8) is 0 Å². The SMILES string of the molecule is COC(=O)Cc1cnc(C#N)c([N+](=O)[O-])c1C(F)F. The zero-order chi connectivity index (χ0) is 14.6. The number of halogens is 2. The number of methoxy groups -OCH3 is 1. The number of carbonyl (C=O) groups is 1. The smallest absolute Gasteiger partial charge is 0.314 e. The fourth-order valence-electron chi connectivity index (χ4n) is 1.43. The highest BCUT2D eigenvalue weighted by atomic mass is 19.3. The maximum Gasteiger partial charge on any atom is 0.314 e. The summed E-state index contributed by atoms with van der Waals surface area (Å²) in [4.78, 5) is 24.1. The molecule has 0 radical (unpaired) electrons. The molecule has 0 saturated heterocycles. The Morgan fingerprint density at radius 2 is 2.32 bits per heavy atom. The first-order valence-electron chi connectivity index (χ1n) is 4.83. The number of nitrogens with zero attached hydrogens (tertiary/aromatic N) is 3. The largest absolute Gasteiger partial charge is 0.469 e. The van der Waals surface area contributed by atoms with E-state index in [2.05, 4.69) is 9.72 Å².